The van der Waals surface area contributed by atoms with Crippen LogP contribution in [0.1, 0.15) is 29.4 Å². The van der Waals surface area contributed by atoms with Crippen molar-refractivity contribution in [1.82, 2.24) is 20.0 Å². The minimum atomic E-state index is -0.464. The third kappa shape index (κ3) is 2.49. The molecule has 2 aromatic heterocycles. The first kappa shape index (κ1) is 13.6. The summed E-state index contributed by atoms with van der Waals surface area (Å²) < 4.78 is 1.86. The fourth-order valence-electron chi connectivity index (χ4n) is 2.65. The molecule has 0 saturated carbocycles. The molecule has 2 unspecified atom stereocenters. The van der Waals surface area contributed by atoms with Crippen LogP contribution in [0.4, 0.5) is 0 Å². The number of aromatic nitrogens is 2. The van der Waals surface area contributed by atoms with Gasteiger partial charge in [0.1, 0.15) is 6.04 Å². The highest BCUT2D eigenvalue weighted by molar-refractivity contribution is 5.98. The summed E-state index contributed by atoms with van der Waals surface area (Å²) in [5, 5.41) is 5.62. The first-order valence-corrected chi connectivity index (χ1v) is 7.08. The summed E-state index contributed by atoms with van der Waals surface area (Å²) in [6.45, 7) is 4.55. The largest absolute Gasteiger partial charge is 0.354 e. The number of carbonyl (C=O) groups is 2. The Kier molecular flexibility index (Phi) is 3.37. The van der Waals surface area contributed by atoms with Gasteiger partial charge in [0.25, 0.3) is 5.91 Å². The number of pyridine rings is 1. The molecule has 0 radical (unpaired) electrons. The van der Waals surface area contributed by atoms with Crippen molar-refractivity contribution < 1.29 is 9.59 Å². The van der Waals surface area contributed by atoms with E-state index < -0.39 is 6.04 Å². The number of carbonyl (C=O) groups excluding carboxylic acids is 2. The fourth-order valence-corrected chi connectivity index (χ4v) is 2.65. The van der Waals surface area contributed by atoms with Gasteiger partial charge in [-0.3, -0.25) is 9.59 Å². The number of nitrogens with zero attached hydrogens (tertiary/aromatic N) is 2. The monoisotopic (exact) mass is 286 g/mol. The van der Waals surface area contributed by atoms with E-state index in [1.807, 2.05) is 18.2 Å². The zero-order valence-electron chi connectivity index (χ0n) is 12.1. The van der Waals surface area contributed by atoms with Gasteiger partial charge in [-0.2, -0.15) is 0 Å². The number of fused-ring (bicyclic) bond motifs is 1. The zero-order valence-corrected chi connectivity index (χ0v) is 12.1. The predicted molar refractivity (Wildman–Crippen MR) is 78.0 cm³/mol. The quantitative estimate of drug-likeness (QED) is 0.861. The highest BCUT2D eigenvalue weighted by Crippen LogP contribution is 2.15. The second kappa shape index (κ2) is 5.20. The van der Waals surface area contributed by atoms with Crippen molar-refractivity contribution in [2.75, 3.05) is 6.54 Å². The Morgan fingerprint density at radius 3 is 3.10 bits per heavy atom. The number of nitrogens with one attached hydrogen (secondary N) is 2. The van der Waals surface area contributed by atoms with Crippen molar-refractivity contribution >= 4 is 17.3 Å². The number of hydrogen-bond acceptors (Lipinski definition) is 3. The van der Waals surface area contributed by atoms with Crippen LogP contribution in [-0.2, 0) is 4.79 Å². The molecule has 0 aliphatic carbocycles. The number of piperidine rings is 1. The normalized spacial score (nSPS) is 22.1. The van der Waals surface area contributed by atoms with Crippen molar-refractivity contribution in [3.05, 3.63) is 35.9 Å². The molecule has 1 saturated heterocycles. The number of amides is 2. The molecule has 21 heavy (non-hydrogen) atoms. The standard InChI is InChI=1S/C15H18N4O2/c1-9-3-5-16-15(21)13(9)18-14(20)11-4-6-19-8-17-10(2)12(19)7-11/h4,6-9,13H,3,5H2,1-2H3,(H,16,21)(H,18,20). The molecule has 2 amide bonds. The summed E-state index contributed by atoms with van der Waals surface area (Å²) in [4.78, 5) is 28.4. The molecule has 0 spiro atoms. The Labute approximate surface area is 122 Å². The molecule has 1 aliphatic heterocycles. The third-order valence-corrected chi connectivity index (χ3v) is 4.03. The minimum Gasteiger partial charge on any atom is -0.354 e. The van der Waals surface area contributed by atoms with Crippen LogP contribution >= 0.6 is 0 Å². The molecule has 110 valence electrons. The first-order chi connectivity index (χ1) is 10.1. The summed E-state index contributed by atoms with van der Waals surface area (Å²) >= 11 is 0. The maximum absolute atomic E-state index is 12.4. The minimum absolute atomic E-state index is 0.108. The summed E-state index contributed by atoms with van der Waals surface area (Å²) in [6.07, 6.45) is 4.38. The van der Waals surface area contributed by atoms with Crippen LogP contribution in [0.25, 0.3) is 5.52 Å². The molecule has 3 heterocycles. The number of imidazole rings is 1. The summed E-state index contributed by atoms with van der Waals surface area (Å²) in [6, 6.07) is 3.06. The number of aryl methyl sites for hydroxylation is 1. The molecule has 3 rings (SSSR count). The molecule has 2 aromatic rings. The predicted octanol–water partition coefficient (Wildman–Crippen LogP) is 0.897. The van der Waals surface area contributed by atoms with Crippen LogP contribution in [0.3, 0.4) is 0 Å². The van der Waals surface area contributed by atoms with Crippen molar-refractivity contribution in [3.63, 3.8) is 0 Å². The highest BCUT2D eigenvalue weighted by atomic mass is 16.2. The maximum Gasteiger partial charge on any atom is 0.252 e. The van der Waals surface area contributed by atoms with Gasteiger partial charge in [-0.05, 0) is 31.4 Å². The van der Waals surface area contributed by atoms with Crippen LogP contribution in [0.5, 0.6) is 0 Å². The van der Waals surface area contributed by atoms with Crippen molar-refractivity contribution in [1.29, 1.82) is 0 Å². The van der Waals surface area contributed by atoms with Crippen LogP contribution in [0.15, 0.2) is 24.7 Å². The lowest BCUT2D eigenvalue weighted by Gasteiger charge is -2.29. The van der Waals surface area contributed by atoms with Gasteiger partial charge in [0.15, 0.2) is 0 Å². The molecule has 0 aromatic carbocycles. The van der Waals surface area contributed by atoms with E-state index in [0.29, 0.717) is 12.1 Å². The zero-order chi connectivity index (χ0) is 15.0. The molecule has 2 atom stereocenters. The van der Waals surface area contributed by atoms with E-state index in [9.17, 15) is 9.59 Å². The van der Waals surface area contributed by atoms with Gasteiger partial charge in [-0.15, -0.1) is 0 Å². The van der Waals surface area contributed by atoms with Crippen molar-refractivity contribution in [3.8, 4) is 0 Å². The van der Waals surface area contributed by atoms with Gasteiger partial charge in [-0.25, -0.2) is 4.98 Å². The smallest absolute Gasteiger partial charge is 0.252 e. The van der Waals surface area contributed by atoms with Gasteiger partial charge < -0.3 is 15.0 Å². The van der Waals surface area contributed by atoms with Crippen LogP contribution in [-0.4, -0.2) is 33.8 Å². The van der Waals surface area contributed by atoms with E-state index in [0.717, 1.165) is 17.6 Å². The van der Waals surface area contributed by atoms with Gasteiger partial charge in [-0.1, -0.05) is 6.92 Å². The van der Waals surface area contributed by atoms with E-state index in [1.165, 1.54) is 0 Å². The topological polar surface area (TPSA) is 75.5 Å². The van der Waals surface area contributed by atoms with E-state index in [2.05, 4.69) is 15.6 Å². The van der Waals surface area contributed by atoms with E-state index in [-0.39, 0.29) is 17.7 Å². The Morgan fingerprint density at radius 2 is 2.33 bits per heavy atom. The summed E-state index contributed by atoms with van der Waals surface area (Å²) in [5.41, 5.74) is 2.30. The van der Waals surface area contributed by atoms with Crippen molar-refractivity contribution in [2.24, 2.45) is 5.92 Å². The van der Waals surface area contributed by atoms with Crippen LogP contribution in [0, 0.1) is 12.8 Å². The Morgan fingerprint density at radius 1 is 1.52 bits per heavy atom. The first-order valence-electron chi connectivity index (χ1n) is 7.08. The Hall–Kier alpha value is -2.37. The highest BCUT2D eigenvalue weighted by Gasteiger charge is 2.30. The molecule has 2 N–H and O–H groups in total. The van der Waals surface area contributed by atoms with E-state index in [1.54, 1.807) is 24.7 Å². The van der Waals surface area contributed by atoms with Gasteiger partial charge in [0.2, 0.25) is 5.91 Å². The van der Waals surface area contributed by atoms with Crippen LogP contribution < -0.4 is 10.6 Å². The Balaban J connectivity index is 1.83. The summed E-state index contributed by atoms with van der Waals surface area (Å²) in [5.74, 6) is -0.196. The average Bonchev–Trinajstić information content (AvgIpc) is 2.84. The molecule has 1 aliphatic rings. The maximum atomic E-state index is 12.4. The molecule has 0 bridgehead atoms. The fraction of sp³-hybridized carbons (Fsp3) is 0.400. The number of hydrogen-bond donors (Lipinski definition) is 2. The molecule has 6 heteroatoms. The molecular weight excluding hydrogens is 268 g/mol. The van der Waals surface area contributed by atoms with Gasteiger partial charge in [0, 0.05) is 18.3 Å². The lowest BCUT2D eigenvalue weighted by atomic mass is 9.94. The second-order valence-corrected chi connectivity index (χ2v) is 5.55. The van der Waals surface area contributed by atoms with Crippen molar-refractivity contribution in [2.45, 2.75) is 26.3 Å². The second-order valence-electron chi connectivity index (χ2n) is 5.55. The Bertz CT molecular complexity index is 707. The molecule has 6 nitrogen and oxygen atoms in total. The summed E-state index contributed by atoms with van der Waals surface area (Å²) in [7, 11) is 0. The molecule has 1 fully saturated rings. The van der Waals surface area contributed by atoms with Gasteiger partial charge in [0.05, 0.1) is 17.5 Å². The number of rotatable bonds is 2. The molecular formula is C15H18N4O2. The van der Waals surface area contributed by atoms with E-state index in [4.69, 9.17) is 0 Å². The lowest BCUT2D eigenvalue weighted by Crippen LogP contribution is -2.54. The van der Waals surface area contributed by atoms with Gasteiger partial charge >= 0.3 is 0 Å². The van der Waals surface area contributed by atoms with Crippen LogP contribution in [0.2, 0.25) is 0 Å². The van der Waals surface area contributed by atoms with E-state index >= 15 is 0 Å². The SMILES string of the molecule is Cc1ncn2ccc(C(=O)NC3C(=O)NCCC3C)cc12. The third-order valence-electron chi connectivity index (χ3n) is 4.03. The average molecular weight is 286 g/mol. The lowest BCUT2D eigenvalue weighted by molar-refractivity contribution is -0.125.